The van der Waals surface area contributed by atoms with Gasteiger partial charge in [-0.1, -0.05) is 37.3 Å². The van der Waals surface area contributed by atoms with Gasteiger partial charge >= 0.3 is 6.09 Å². The van der Waals surface area contributed by atoms with E-state index in [2.05, 4.69) is 16.0 Å². The summed E-state index contributed by atoms with van der Waals surface area (Å²) in [6, 6.07) is 14.4. The van der Waals surface area contributed by atoms with Gasteiger partial charge in [-0.15, -0.1) is 0 Å². The molecule has 0 spiro atoms. The van der Waals surface area contributed by atoms with Gasteiger partial charge in [-0.25, -0.2) is 4.79 Å². The van der Waals surface area contributed by atoms with E-state index in [1.54, 1.807) is 45.0 Å². The molecule has 32 heavy (non-hydrogen) atoms. The van der Waals surface area contributed by atoms with Crippen LogP contribution in [0.15, 0.2) is 48.5 Å². The fraction of sp³-hybridized carbons (Fsp3) is 0.375. The van der Waals surface area contributed by atoms with Gasteiger partial charge in [0.1, 0.15) is 11.4 Å². The van der Waals surface area contributed by atoms with Crippen molar-refractivity contribution in [2.75, 3.05) is 23.8 Å². The summed E-state index contributed by atoms with van der Waals surface area (Å²) in [5.74, 6) is 0.0179. The number of rotatable bonds is 9. The molecule has 0 saturated carbocycles. The Hall–Kier alpha value is -3.55. The quantitative estimate of drug-likeness (QED) is 0.543. The Kier molecular flexibility index (Phi) is 9.07. The molecule has 0 aromatic heterocycles. The van der Waals surface area contributed by atoms with Crippen molar-refractivity contribution in [1.29, 1.82) is 0 Å². The molecule has 0 fully saturated rings. The first-order valence-corrected chi connectivity index (χ1v) is 10.5. The molecule has 0 atom stereocenters. The summed E-state index contributed by atoms with van der Waals surface area (Å²) in [7, 11) is 0. The van der Waals surface area contributed by atoms with E-state index in [4.69, 9.17) is 9.47 Å². The van der Waals surface area contributed by atoms with Gasteiger partial charge in [0.2, 0.25) is 5.91 Å². The number of hydrogen-bond acceptors (Lipinski definition) is 5. The Balaban J connectivity index is 1.85. The Morgan fingerprint density at radius 1 is 0.875 bits per heavy atom. The number of anilines is 2. The lowest BCUT2D eigenvalue weighted by atomic mass is 10.1. The summed E-state index contributed by atoms with van der Waals surface area (Å²) in [6.07, 6.45) is 0.274. The summed E-state index contributed by atoms with van der Waals surface area (Å²) in [6.45, 7) is 7.28. The van der Waals surface area contributed by atoms with Gasteiger partial charge in [0, 0.05) is 13.0 Å². The van der Waals surface area contributed by atoms with Gasteiger partial charge < -0.3 is 25.4 Å². The van der Waals surface area contributed by atoms with Crippen LogP contribution in [0.2, 0.25) is 0 Å². The van der Waals surface area contributed by atoms with Crippen molar-refractivity contribution in [3.63, 3.8) is 0 Å². The number of ether oxygens (including phenoxy) is 2. The molecule has 2 rings (SSSR count). The highest BCUT2D eigenvalue weighted by Gasteiger charge is 2.16. The van der Waals surface area contributed by atoms with Crippen molar-refractivity contribution in [2.24, 2.45) is 0 Å². The van der Waals surface area contributed by atoms with Crippen LogP contribution in [0.1, 0.15) is 39.7 Å². The Morgan fingerprint density at radius 3 is 2.09 bits per heavy atom. The van der Waals surface area contributed by atoms with Gasteiger partial charge in [-0.05, 0) is 51.0 Å². The van der Waals surface area contributed by atoms with E-state index in [1.807, 2.05) is 31.2 Å². The number of para-hydroxylation sites is 3. The lowest BCUT2D eigenvalue weighted by molar-refractivity contribution is -0.118. The monoisotopic (exact) mass is 441 g/mol. The van der Waals surface area contributed by atoms with Gasteiger partial charge in [-0.3, -0.25) is 9.59 Å². The van der Waals surface area contributed by atoms with Gasteiger partial charge in [0.15, 0.2) is 6.61 Å². The van der Waals surface area contributed by atoms with Crippen LogP contribution in [0.25, 0.3) is 0 Å². The number of carbonyl (C=O) groups excluding carboxylic acids is 3. The minimum absolute atomic E-state index is 0.0540. The Labute approximate surface area is 188 Å². The van der Waals surface area contributed by atoms with Gasteiger partial charge in [0.25, 0.3) is 5.91 Å². The number of aryl methyl sites for hydroxylation is 1. The first kappa shape index (κ1) is 24.7. The first-order valence-electron chi connectivity index (χ1n) is 10.5. The van der Waals surface area contributed by atoms with Crippen LogP contribution in [-0.4, -0.2) is 36.7 Å². The third kappa shape index (κ3) is 8.67. The number of hydrogen-bond donors (Lipinski definition) is 3. The molecule has 0 heterocycles. The van der Waals surface area contributed by atoms with Gasteiger partial charge in [0.05, 0.1) is 11.4 Å². The van der Waals surface area contributed by atoms with E-state index >= 15 is 0 Å². The average molecular weight is 442 g/mol. The molecule has 2 aromatic carbocycles. The third-order valence-electron chi connectivity index (χ3n) is 4.21. The minimum atomic E-state index is -0.605. The topological polar surface area (TPSA) is 106 Å². The SMILES string of the molecule is CCc1ccccc1OCC(=O)Nc1ccccc1NC(=O)CCNC(=O)OC(C)(C)C. The number of alkyl carbamates (subject to hydrolysis) is 1. The van der Waals surface area contributed by atoms with Crippen LogP contribution in [0.5, 0.6) is 5.75 Å². The summed E-state index contributed by atoms with van der Waals surface area (Å²) in [5, 5.41) is 8.03. The maximum absolute atomic E-state index is 12.4. The highest BCUT2D eigenvalue weighted by atomic mass is 16.6. The van der Waals surface area contributed by atoms with Crippen molar-refractivity contribution in [1.82, 2.24) is 5.32 Å². The zero-order chi connectivity index (χ0) is 23.6. The number of nitrogens with one attached hydrogen (secondary N) is 3. The van der Waals surface area contributed by atoms with E-state index in [1.165, 1.54) is 0 Å². The molecule has 2 aromatic rings. The van der Waals surface area contributed by atoms with E-state index < -0.39 is 11.7 Å². The van der Waals surface area contributed by atoms with Crippen LogP contribution in [-0.2, 0) is 20.7 Å². The van der Waals surface area contributed by atoms with Gasteiger partial charge in [-0.2, -0.15) is 0 Å². The van der Waals surface area contributed by atoms with E-state index in [0.29, 0.717) is 17.1 Å². The average Bonchev–Trinajstić information content (AvgIpc) is 2.72. The van der Waals surface area contributed by atoms with Crippen molar-refractivity contribution in [2.45, 2.75) is 46.1 Å². The second-order valence-electron chi connectivity index (χ2n) is 8.07. The van der Waals surface area contributed by atoms with Crippen LogP contribution in [0.4, 0.5) is 16.2 Å². The highest BCUT2D eigenvalue weighted by Crippen LogP contribution is 2.22. The molecule has 8 nitrogen and oxygen atoms in total. The summed E-state index contributed by atoms with van der Waals surface area (Å²) in [5.41, 5.74) is 1.33. The van der Waals surface area contributed by atoms with E-state index in [-0.39, 0.29) is 31.4 Å². The fourth-order valence-corrected chi connectivity index (χ4v) is 2.77. The van der Waals surface area contributed by atoms with Crippen LogP contribution in [0, 0.1) is 0 Å². The number of benzene rings is 2. The molecule has 0 aliphatic carbocycles. The predicted octanol–water partition coefficient (Wildman–Crippen LogP) is 4.12. The summed E-state index contributed by atoms with van der Waals surface area (Å²) >= 11 is 0. The Bertz CT molecular complexity index is 937. The molecule has 0 radical (unpaired) electrons. The third-order valence-corrected chi connectivity index (χ3v) is 4.21. The molecule has 0 unspecified atom stereocenters. The van der Waals surface area contributed by atoms with Crippen molar-refractivity contribution in [3.8, 4) is 5.75 Å². The highest BCUT2D eigenvalue weighted by molar-refractivity contribution is 6.00. The lowest BCUT2D eigenvalue weighted by Crippen LogP contribution is -2.34. The lowest BCUT2D eigenvalue weighted by Gasteiger charge is -2.19. The van der Waals surface area contributed by atoms with Crippen molar-refractivity contribution >= 4 is 29.3 Å². The maximum atomic E-state index is 12.4. The van der Waals surface area contributed by atoms with Crippen LogP contribution in [0.3, 0.4) is 0 Å². The molecule has 0 aliphatic heterocycles. The molecule has 0 saturated heterocycles. The number of amides is 3. The first-order chi connectivity index (χ1) is 15.2. The summed E-state index contributed by atoms with van der Waals surface area (Å²) < 4.78 is 10.8. The molecular weight excluding hydrogens is 410 g/mol. The zero-order valence-corrected chi connectivity index (χ0v) is 19.0. The van der Waals surface area contributed by atoms with Crippen molar-refractivity contribution in [3.05, 3.63) is 54.1 Å². The number of carbonyl (C=O) groups is 3. The van der Waals surface area contributed by atoms with E-state index in [9.17, 15) is 14.4 Å². The van der Waals surface area contributed by atoms with Crippen LogP contribution < -0.4 is 20.7 Å². The fourth-order valence-electron chi connectivity index (χ4n) is 2.77. The Morgan fingerprint density at radius 2 is 1.47 bits per heavy atom. The molecule has 0 aliphatic rings. The molecule has 3 N–H and O–H groups in total. The second kappa shape index (κ2) is 11.7. The standard InChI is InChI=1S/C24H31N3O5/c1-5-17-10-6-9-13-20(17)31-16-22(29)27-19-12-8-7-11-18(19)26-21(28)14-15-25-23(30)32-24(2,3)4/h6-13H,5,14-16H2,1-4H3,(H,25,30)(H,26,28)(H,27,29). The molecular formula is C24H31N3O5. The molecule has 0 bridgehead atoms. The largest absolute Gasteiger partial charge is 0.483 e. The second-order valence-corrected chi connectivity index (χ2v) is 8.07. The molecule has 8 heteroatoms. The van der Waals surface area contributed by atoms with E-state index in [0.717, 1.165) is 12.0 Å². The molecule has 172 valence electrons. The molecule has 3 amide bonds. The predicted molar refractivity (Wildman–Crippen MR) is 124 cm³/mol. The smallest absolute Gasteiger partial charge is 0.407 e. The van der Waals surface area contributed by atoms with Crippen LogP contribution >= 0.6 is 0 Å². The maximum Gasteiger partial charge on any atom is 0.407 e. The normalized spacial score (nSPS) is 10.8. The van der Waals surface area contributed by atoms with Crippen molar-refractivity contribution < 1.29 is 23.9 Å². The zero-order valence-electron chi connectivity index (χ0n) is 19.0. The summed E-state index contributed by atoms with van der Waals surface area (Å²) in [4.78, 5) is 36.3. The minimum Gasteiger partial charge on any atom is -0.483 e.